The molecule has 0 radical (unpaired) electrons. The first-order valence-electron chi connectivity index (χ1n) is 5.11. The predicted octanol–water partition coefficient (Wildman–Crippen LogP) is 2.67. The third kappa shape index (κ3) is 2.72. The quantitative estimate of drug-likeness (QED) is 0.808. The minimum absolute atomic E-state index is 0.218. The van der Waals surface area contributed by atoms with Gasteiger partial charge in [0, 0.05) is 17.8 Å². The van der Waals surface area contributed by atoms with E-state index in [-0.39, 0.29) is 11.7 Å². The number of halogens is 1. The van der Waals surface area contributed by atoms with E-state index in [1.807, 2.05) is 0 Å². The lowest BCUT2D eigenvalue weighted by Crippen LogP contribution is -2.12. The van der Waals surface area contributed by atoms with Crippen molar-refractivity contribution in [3.8, 4) is 0 Å². The highest BCUT2D eigenvalue weighted by Gasteiger charge is 2.15. The van der Waals surface area contributed by atoms with Gasteiger partial charge in [-0.15, -0.1) is 0 Å². The number of hydrogen-bond donors (Lipinski definition) is 3. The second-order valence-corrected chi connectivity index (χ2v) is 4.88. The highest BCUT2D eigenvalue weighted by molar-refractivity contribution is 7.18. The summed E-state index contributed by atoms with van der Waals surface area (Å²) in [5.41, 5.74) is 6.33. The molecule has 0 aliphatic rings. The third-order valence-electron chi connectivity index (χ3n) is 2.18. The van der Waals surface area contributed by atoms with Gasteiger partial charge in [0.05, 0.1) is 0 Å². The van der Waals surface area contributed by atoms with Crippen LogP contribution in [0.5, 0.6) is 0 Å². The van der Waals surface area contributed by atoms with Crippen molar-refractivity contribution >= 4 is 45.5 Å². The normalized spacial score (nSPS) is 10.1. The molecule has 0 atom stereocenters. The molecule has 7 heteroatoms. The fourth-order valence-electron chi connectivity index (χ4n) is 1.32. The molecule has 5 nitrogen and oxygen atoms in total. The summed E-state index contributed by atoms with van der Waals surface area (Å²) in [6.45, 7) is 0. The van der Waals surface area contributed by atoms with E-state index < -0.39 is 0 Å². The van der Waals surface area contributed by atoms with E-state index in [4.69, 9.17) is 17.3 Å². The molecule has 2 aromatic rings. The van der Waals surface area contributed by atoms with Crippen LogP contribution >= 0.6 is 22.9 Å². The highest BCUT2D eigenvalue weighted by Crippen LogP contribution is 2.25. The molecule has 0 saturated heterocycles. The fraction of sp³-hybridized carbons (Fsp3) is 0.0909. The smallest absolute Gasteiger partial charge is 0.269 e. The molecule has 18 heavy (non-hydrogen) atoms. The van der Waals surface area contributed by atoms with Crippen molar-refractivity contribution in [1.82, 2.24) is 4.98 Å². The second kappa shape index (κ2) is 5.24. The average Bonchev–Trinajstić information content (AvgIpc) is 2.73. The number of amides is 1. The van der Waals surface area contributed by atoms with Crippen LogP contribution in [0.2, 0.25) is 5.02 Å². The predicted molar refractivity (Wildman–Crippen MR) is 75.5 cm³/mol. The molecule has 1 heterocycles. The first-order chi connectivity index (χ1) is 8.60. The van der Waals surface area contributed by atoms with Crippen molar-refractivity contribution in [2.24, 2.45) is 0 Å². The topological polar surface area (TPSA) is 80.0 Å². The van der Waals surface area contributed by atoms with E-state index in [9.17, 15) is 4.79 Å². The summed E-state index contributed by atoms with van der Waals surface area (Å²) in [6.07, 6.45) is 0. The standard InChI is InChI=1S/C11H11ClN4OS/c1-14-11-16-9(13)8(18-11)10(17)15-7-4-2-6(12)3-5-7/h2-5H,13H2,1H3,(H,14,16)(H,15,17). The Morgan fingerprint density at radius 2 is 2.06 bits per heavy atom. The van der Waals surface area contributed by atoms with Crippen LogP contribution in [0.3, 0.4) is 0 Å². The molecule has 94 valence electrons. The Labute approximate surface area is 113 Å². The number of hydrogen-bond acceptors (Lipinski definition) is 5. The fourth-order valence-corrected chi connectivity index (χ4v) is 2.18. The number of thiazole rings is 1. The maximum Gasteiger partial charge on any atom is 0.269 e. The van der Waals surface area contributed by atoms with Crippen molar-refractivity contribution in [1.29, 1.82) is 0 Å². The molecule has 0 aliphatic heterocycles. The minimum atomic E-state index is -0.283. The molecule has 2 rings (SSSR count). The monoisotopic (exact) mass is 282 g/mol. The van der Waals surface area contributed by atoms with Crippen LogP contribution in [0.25, 0.3) is 0 Å². The number of benzene rings is 1. The number of aromatic nitrogens is 1. The SMILES string of the molecule is CNc1nc(N)c(C(=O)Nc2ccc(Cl)cc2)s1. The van der Waals surface area contributed by atoms with Gasteiger partial charge >= 0.3 is 0 Å². The summed E-state index contributed by atoms with van der Waals surface area (Å²) in [5.74, 6) is -0.0652. The van der Waals surface area contributed by atoms with Crippen LogP contribution in [-0.4, -0.2) is 17.9 Å². The summed E-state index contributed by atoms with van der Waals surface area (Å²) < 4.78 is 0. The number of carbonyl (C=O) groups is 1. The molecular weight excluding hydrogens is 272 g/mol. The maximum atomic E-state index is 12.0. The van der Waals surface area contributed by atoms with Gasteiger partial charge in [0.1, 0.15) is 10.7 Å². The number of nitrogens with zero attached hydrogens (tertiary/aromatic N) is 1. The van der Waals surface area contributed by atoms with Crippen molar-refractivity contribution in [3.63, 3.8) is 0 Å². The highest BCUT2D eigenvalue weighted by atomic mass is 35.5. The second-order valence-electron chi connectivity index (χ2n) is 3.44. The van der Waals surface area contributed by atoms with Crippen LogP contribution in [0.15, 0.2) is 24.3 Å². The Hall–Kier alpha value is -1.79. The van der Waals surface area contributed by atoms with E-state index >= 15 is 0 Å². The van der Waals surface area contributed by atoms with Gasteiger partial charge in [0.2, 0.25) is 0 Å². The average molecular weight is 283 g/mol. The number of anilines is 3. The van der Waals surface area contributed by atoms with Gasteiger partial charge < -0.3 is 16.4 Å². The summed E-state index contributed by atoms with van der Waals surface area (Å²) in [6, 6.07) is 6.84. The molecule has 0 saturated carbocycles. The number of nitrogen functional groups attached to an aromatic ring is 1. The lowest BCUT2D eigenvalue weighted by Gasteiger charge is -2.03. The van der Waals surface area contributed by atoms with Gasteiger partial charge in [0.25, 0.3) is 5.91 Å². The van der Waals surface area contributed by atoms with Crippen LogP contribution in [0, 0.1) is 0 Å². The molecule has 4 N–H and O–H groups in total. The van der Waals surface area contributed by atoms with Crippen LogP contribution in [0.1, 0.15) is 9.67 Å². The number of nitrogens with two attached hydrogens (primary N) is 1. The maximum absolute atomic E-state index is 12.0. The summed E-state index contributed by atoms with van der Waals surface area (Å²) in [7, 11) is 1.72. The molecular formula is C11H11ClN4OS. The molecule has 0 spiro atoms. The van der Waals surface area contributed by atoms with Crippen LogP contribution in [-0.2, 0) is 0 Å². The van der Waals surface area contributed by atoms with Gasteiger partial charge in [0.15, 0.2) is 5.13 Å². The van der Waals surface area contributed by atoms with Crippen molar-refractivity contribution < 1.29 is 4.79 Å². The van der Waals surface area contributed by atoms with Gasteiger partial charge in [-0.25, -0.2) is 4.98 Å². The van der Waals surface area contributed by atoms with Crippen LogP contribution < -0.4 is 16.4 Å². The van der Waals surface area contributed by atoms with Crippen molar-refractivity contribution in [2.75, 3.05) is 23.4 Å². The van der Waals surface area contributed by atoms with Crippen molar-refractivity contribution in [2.45, 2.75) is 0 Å². The Balaban J connectivity index is 2.16. The molecule has 0 aliphatic carbocycles. The zero-order valence-electron chi connectivity index (χ0n) is 9.53. The summed E-state index contributed by atoms with van der Waals surface area (Å²) in [4.78, 5) is 16.4. The zero-order chi connectivity index (χ0) is 13.1. The first kappa shape index (κ1) is 12.7. The van der Waals surface area contributed by atoms with E-state index in [2.05, 4.69) is 15.6 Å². The Kier molecular flexibility index (Phi) is 3.69. The van der Waals surface area contributed by atoms with Gasteiger partial charge in [-0.05, 0) is 24.3 Å². The van der Waals surface area contributed by atoms with E-state index in [1.54, 1.807) is 31.3 Å². The van der Waals surface area contributed by atoms with Gasteiger partial charge in [-0.2, -0.15) is 0 Å². The third-order valence-corrected chi connectivity index (χ3v) is 3.51. The molecule has 1 aromatic carbocycles. The Bertz CT molecular complexity index is 567. The molecule has 1 amide bonds. The van der Waals surface area contributed by atoms with Crippen molar-refractivity contribution in [3.05, 3.63) is 34.2 Å². The Morgan fingerprint density at radius 1 is 1.39 bits per heavy atom. The van der Waals surface area contributed by atoms with E-state index in [1.165, 1.54) is 11.3 Å². The lowest BCUT2D eigenvalue weighted by molar-refractivity contribution is 0.103. The number of nitrogens with one attached hydrogen (secondary N) is 2. The van der Waals surface area contributed by atoms with Gasteiger partial charge in [-0.1, -0.05) is 22.9 Å². The van der Waals surface area contributed by atoms with Gasteiger partial charge in [-0.3, -0.25) is 4.79 Å². The first-order valence-corrected chi connectivity index (χ1v) is 6.30. The molecule has 1 aromatic heterocycles. The number of carbonyl (C=O) groups excluding carboxylic acids is 1. The minimum Gasteiger partial charge on any atom is -0.382 e. The molecule has 0 fully saturated rings. The number of rotatable bonds is 3. The zero-order valence-corrected chi connectivity index (χ0v) is 11.1. The summed E-state index contributed by atoms with van der Waals surface area (Å²) in [5, 5.41) is 6.79. The van der Waals surface area contributed by atoms with Crippen LogP contribution in [0.4, 0.5) is 16.6 Å². The largest absolute Gasteiger partial charge is 0.382 e. The lowest BCUT2D eigenvalue weighted by atomic mass is 10.3. The molecule has 0 unspecified atom stereocenters. The molecule has 0 bridgehead atoms. The summed E-state index contributed by atoms with van der Waals surface area (Å²) >= 11 is 6.97. The van der Waals surface area contributed by atoms with E-state index in [0.717, 1.165) is 0 Å². The Morgan fingerprint density at radius 3 is 2.61 bits per heavy atom. The van der Waals surface area contributed by atoms with E-state index in [0.29, 0.717) is 20.7 Å².